The van der Waals surface area contributed by atoms with Gasteiger partial charge in [-0.3, -0.25) is 0 Å². The molecule has 0 spiro atoms. The van der Waals surface area contributed by atoms with E-state index in [1.54, 1.807) is 0 Å². The zero-order valence-electron chi connectivity index (χ0n) is 24.1. The number of fused-ring (bicyclic) bond motifs is 3. The molecule has 2 aromatic carbocycles. The number of aryl methyl sites for hydroxylation is 1. The summed E-state index contributed by atoms with van der Waals surface area (Å²) in [7, 11) is -1.72. The molecule has 0 aromatic heterocycles. The maximum Gasteiger partial charge on any atom is 0.191 e. The van der Waals surface area contributed by atoms with Crippen molar-refractivity contribution in [3.05, 3.63) is 65.2 Å². The monoisotopic (exact) mass is 524 g/mol. The van der Waals surface area contributed by atoms with Crippen molar-refractivity contribution in [2.24, 2.45) is 5.92 Å². The van der Waals surface area contributed by atoms with E-state index in [2.05, 4.69) is 59.0 Å². The lowest BCUT2D eigenvalue weighted by Gasteiger charge is -2.59. The van der Waals surface area contributed by atoms with Crippen molar-refractivity contribution in [2.45, 2.75) is 108 Å². The molecule has 2 aliphatic rings. The van der Waals surface area contributed by atoms with Gasteiger partial charge in [-0.2, -0.15) is 0 Å². The SMILES string of the molecule is CC[C@@]12C[C@@](C)(O)[C@](O)(c3ccccc3)C[C@H]1CCc1cc(OCCCO[Si](C)(C)C(C)(C)C)ccc12. The minimum Gasteiger partial charge on any atom is -0.494 e. The summed E-state index contributed by atoms with van der Waals surface area (Å²) < 4.78 is 12.4. The van der Waals surface area contributed by atoms with Gasteiger partial charge in [-0.05, 0) is 91.9 Å². The van der Waals surface area contributed by atoms with E-state index >= 15 is 0 Å². The summed E-state index contributed by atoms with van der Waals surface area (Å²) in [6.07, 6.45) is 4.92. The molecule has 0 radical (unpaired) electrons. The van der Waals surface area contributed by atoms with Crippen LogP contribution in [0.1, 0.15) is 83.4 Å². The van der Waals surface area contributed by atoms with E-state index in [9.17, 15) is 10.2 Å². The van der Waals surface area contributed by atoms with Crippen LogP contribution in [0.25, 0.3) is 0 Å². The van der Waals surface area contributed by atoms with Crippen LogP contribution >= 0.6 is 0 Å². The summed E-state index contributed by atoms with van der Waals surface area (Å²) in [5, 5.41) is 23.8. The molecule has 37 heavy (non-hydrogen) atoms. The molecule has 4 nitrogen and oxygen atoms in total. The molecule has 4 atom stereocenters. The van der Waals surface area contributed by atoms with Crippen LogP contribution < -0.4 is 4.74 Å². The van der Waals surface area contributed by atoms with Crippen LogP contribution in [0.2, 0.25) is 18.1 Å². The molecule has 1 saturated carbocycles. The Hall–Kier alpha value is -1.66. The first kappa shape index (κ1) is 28.3. The van der Waals surface area contributed by atoms with Gasteiger partial charge in [0, 0.05) is 18.4 Å². The number of hydrogen-bond donors (Lipinski definition) is 2. The number of ether oxygens (including phenoxy) is 1. The number of aliphatic hydroxyl groups is 2. The van der Waals surface area contributed by atoms with E-state index in [0.29, 0.717) is 25.4 Å². The predicted molar refractivity (Wildman–Crippen MR) is 154 cm³/mol. The molecule has 2 N–H and O–H groups in total. The van der Waals surface area contributed by atoms with Crippen LogP contribution in [-0.4, -0.2) is 37.3 Å². The Kier molecular flexibility index (Phi) is 7.77. The zero-order valence-corrected chi connectivity index (χ0v) is 25.1. The molecule has 0 unspecified atom stereocenters. The first-order valence-electron chi connectivity index (χ1n) is 14.2. The van der Waals surface area contributed by atoms with Crippen LogP contribution in [-0.2, 0) is 21.9 Å². The van der Waals surface area contributed by atoms with Gasteiger partial charge in [0.25, 0.3) is 0 Å². The molecule has 4 rings (SSSR count). The standard InChI is InChI=1S/C32H48O4Si/c1-8-31-23-30(5,33)32(34,25-13-10-9-11-14-25)22-26(31)16-15-24-21-27(17-18-28(24)31)35-19-12-20-36-37(6,7)29(2,3)4/h9-11,13-14,17-18,21,26,33-34H,8,12,15-16,19-20,22-23H2,1-7H3/t26-,30-,31-,32-/m1/s1. The van der Waals surface area contributed by atoms with Gasteiger partial charge in [-0.1, -0.05) is 64.1 Å². The summed E-state index contributed by atoms with van der Waals surface area (Å²) in [4.78, 5) is 0. The van der Waals surface area contributed by atoms with Crippen molar-refractivity contribution in [3.63, 3.8) is 0 Å². The Morgan fingerprint density at radius 1 is 1.03 bits per heavy atom. The molecular formula is C32H48O4Si. The largest absolute Gasteiger partial charge is 0.494 e. The number of rotatable bonds is 8. The van der Waals surface area contributed by atoms with Gasteiger partial charge in [0.15, 0.2) is 8.32 Å². The van der Waals surface area contributed by atoms with Crippen LogP contribution in [0.4, 0.5) is 0 Å². The van der Waals surface area contributed by atoms with Gasteiger partial charge in [0.1, 0.15) is 11.4 Å². The molecule has 0 aliphatic heterocycles. The van der Waals surface area contributed by atoms with Crippen molar-refractivity contribution in [3.8, 4) is 5.75 Å². The molecule has 0 saturated heterocycles. The third-order valence-corrected chi connectivity index (χ3v) is 14.5. The second-order valence-electron chi connectivity index (χ2n) is 13.3. The van der Waals surface area contributed by atoms with Gasteiger partial charge in [-0.25, -0.2) is 0 Å². The first-order valence-corrected chi connectivity index (χ1v) is 17.1. The smallest absolute Gasteiger partial charge is 0.191 e. The van der Waals surface area contributed by atoms with Crippen LogP contribution in [0, 0.1) is 5.92 Å². The molecule has 0 heterocycles. The Labute approximate surface area is 225 Å². The average Bonchev–Trinajstić information content (AvgIpc) is 2.84. The maximum atomic E-state index is 11.9. The van der Waals surface area contributed by atoms with E-state index in [0.717, 1.165) is 43.6 Å². The molecule has 0 amide bonds. The highest BCUT2D eigenvalue weighted by Gasteiger charge is 2.60. The summed E-state index contributed by atoms with van der Waals surface area (Å²) in [6, 6.07) is 16.3. The summed E-state index contributed by atoms with van der Waals surface area (Å²) in [6.45, 7) is 16.8. The van der Waals surface area contributed by atoms with Crippen LogP contribution in [0.15, 0.2) is 48.5 Å². The van der Waals surface area contributed by atoms with Gasteiger partial charge >= 0.3 is 0 Å². The average molecular weight is 525 g/mol. The third-order valence-electron chi connectivity index (χ3n) is 9.96. The van der Waals surface area contributed by atoms with Crippen molar-refractivity contribution in [1.29, 1.82) is 0 Å². The second-order valence-corrected chi connectivity index (χ2v) is 18.1. The van der Waals surface area contributed by atoms with Crippen molar-refractivity contribution in [1.82, 2.24) is 0 Å². The Morgan fingerprint density at radius 2 is 1.73 bits per heavy atom. The maximum absolute atomic E-state index is 11.9. The predicted octanol–water partition coefficient (Wildman–Crippen LogP) is 7.12. The van der Waals surface area contributed by atoms with Crippen molar-refractivity contribution >= 4 is 8.32 Å². The summed E-state index contributed by atoms with van der Waals surface area (Å²) >= 11 is 0. The van der Waals surface area contributed by atoms with Gasteiger partial charge in [0.2, 0.25) is 0 Å². The molecule has 0 bridgehead atoms. The molecule has 204 valence electrons. The molecule has 2 aromatic rings. The summed E-state index contributed by atoms with van der Waals surface area (Å²) in [5.41, 5.74) is 0.855. The topological polar surface area (TPSA) is 58.9 Å². The van der Waals surface area contributed by atoms with Gasteiger partial charge in [-0.15, -0.1) is 0 Å². The lowest BCUT2D eigenvalue weighted by molar-refractivity contribution is -0.205. The Bertz CT molecular complexity index is 1070. The van der Waals surface area contributed by atoms with Crippen LogP contribution in [0.5, 0.6) is 5.75 Å². The Morgan fingerprint density at radius 3 is 2.38 bits per heavy atom. The zero-order chi connectivity index (χ0) is 27.1. The van der Waals surface area contributed by atoms with Crippen LogP contribution in [0.3, 0.4) is 0 Å². The minimum absolute atomic E-state index is 0.145. The summed E-state index contributed by atoms with van der Waals surface area (Å²) in [5.74, 6) is 1.23. The molecule has 2 aliphatic carbocycles. The Balaban J connectivity index is 1.48. The third kappa shape index (κ3) is 5.17. The highest BCUT2D eigenvalue weighted by molar-refractivity contribution is 6.74. The molecule has 5 heteroatoms. The fraction of sp³-hybridized carbons (Fsp3) is 0.625. The second kappa shape index (κ2) is 10.1. The van der Waals surface area contributed by atoms with Gasteiger partial charge in [0.05, 0.1) is 12.2 Å². The quantitative estimate of drug-likeness (QED) is 0.285. The lowest BCUT2D eigenvalue weighted by atomic mass is 9.49. The van der Waals surface area contributed by atoms with Crippen molar-refractivity contribution in [2.75, 3.05) is 13.2 Å². The fourth-order valence-electron chi connectivity index (χ4n) is 6.59. The van der Waals surface area contributed by atoms with Gasteiger partial charge < -0.3 is 19.4 Å². The minimum atomic E-state index is -1.72. The van der Waals surface area contributed by atoms with E-state index in [1.165, 1.54) is 11.1 Å². The van der Waals surface area contributed by atoms with E-state index in [1.807, 2.05) is 37.3 Å². The fourth-order valence-corrected chi connectivity index (χ4v) is 7.68. The molecule has 1 fully saturated rings. The highest BCUT2D eigenvalue weighted by atomic mass is 28.4. The molecular weight excluding hydrogens is 476 g/mol. The first-order chi connectivity index (χ1) is 17.3. The number of benzene rings is 2. The van der Waals surface area contributed by atoms with Crippen molar-refractivity contribution < 1.29 is 19.4 Å². The highest BCUT2D eigenvalue weighted by Crippen LogP contribution is 2.60. The number of hydrogen-bond acceptors (Lipinski definition) is 4. The lowest BCUT2D eigenvalue weighted by Crippen LogP contribution is -2.62. The van der Waals surface area contributed by atoms with E-state index in [-0.39, 0.29) is 10.5 Å². The normalized spacial score (nSPS) is 29.9. The van der Waals surface area contributed by atoms with E-state index < -0.39 is 19.5 Å². The van der Waals surface area contributed by atoms with E-state index in [4.69, 9.17) is 9.16 Å².